The van der Waals surface area contributed by atoms with Gasteiger partial charge in [0.05, 0.1) is 0 Å². The summed E-state index contributed by atoms with van der Waals surface area (Å²) < 4.78 is 0. The predicted octanol–water partition coefficient (Wildman–Crippen LogP) is 2.52. The Labute approximate surface area is 75.9 Å². The lowest BCUT2D eigenvalue weighted by atomic mass is 9.87. The van der Waals surface area contributed by atoms with Gasteiger partial charge in [-0.3, -0.25) is 0 Å². The second-order valence-electron chi connectivity index (χ2n) is 4.35. The molecule has 1 heteroatoms. The molecule has 1 nitrogen and oxygen atoms in total. The van der Waals surface area contributed by atoms with Crippen molar-refractivity contribution in [1.82, 2.24) is 5.32 Å². The lowest BCUT2D eigenvalue weighted by Crippen LogP contribution is -2.27. The molecule has 1 saturated heterocycles. The van der Waals surface area contributed by atoms with Crippen LogP contribution in [0, 0.1) is 11.8 Å². The zero-order chi connectivity index (χ0) is 8.23. The fraction of sp³-hybridized carbons (Fsp3) is 0.909. The molecule has 0 atom stereocenters. The van der Waals surface area contributed by atoms with Crippen LogP contribution in [0.5, 0.6) is 0 Å². The molecule has 2 fully saturated rings. The fourth-order valence-corrected chi connectivity index (χ4v) is 2.61. The van der Waals surface area contributed by atoms with E-state index in [2.05, 4.69) is 5.32 Å². The van der Waals surface area contributed by atoms with Crippen molar-refractivity contribution >= 4 is 0 Å². The molecule has 12 heavy (non-hydrogen) atoms. The highest BCUT2D eigenvalue weighted by atomic mass is 14.9. The van der Waals surface area contributed by atoms with Crippen LogP contribution in [-0.2, 0) is 0 Å². The number of nitrogens with one attached hydrogen (secondary N) is 1. The molecule has 0 aromatic carbocycles. The number of hydrogen-bond donors (Lipinski definition) is 1. The van der Waals surface area contributed by atoms with Gasteiger partial charge in [-0.15, -0.1) is 0 Å². The third kappa shape index (κ3) is 2.22. The predicted molar refractivity (Wildman–Crippen MR) is 51.9 cm³/mol. The van der Waals surface area contributed by atoms with Crippen molar-refractivity contribution in [2.75, 3.05) is 13.1 Å². The topological polar surface area (TPSA) is 12.0 Å². The first-order valence-electron chi connectivity index (χ1n) is 5.49. The molecule has 1 N–H and O–H groups in total. The Bertz CT molecular complexity index is 121. The van der Waals surface area contributed by atoms with Gasteiger partial charge >= 0.3 is 0 Å². The summed E-state index contributed by atoms with van der Waals surface area (Å²) in [5.74, 6) is 2.92. The molecule has 69 valence electrons. The van der Waals surface area contributed by atoms with Crippen LogP contribution in [0.1, 0.15) is 44.9 Å². The molecule has 0 bridgehead atoms. The van der Waals surface area contributed by atoms with E-state index in [4.69, 9.17) is 0 Å². The average Bonchev–Trinajstić information content (AvgIpc) is 2.59. The Morgan fingerprint density at radius 2 is 1.75 bits per heavy atom. The molecule has 0 spiro atoms. The zero-order valence-corrected chi connectivity index (χ0v) is 7.94. The standard InChI is InChI=1S/C11H20N/c1-2-4-10(3-1)9-11-5-7-12-8-6-11/h10,12H,1-9H2. The SMILES string of the molecule is C1CCC(C[C]2CCNCC2)C1. The summed E-state index contributed by atoms with van der Waals surface area (Å²) >= 11 is 0. The molecule has 1 heterocycles. The minimum absolute atomic E-state index is 1.07. The highest BCUT2D eigenvalue weighted by Crippen LogP contribution is 2.33. The summed E-state index contributed by atoms with van der Waals surface area (Å²) in [4.78, 5) is 0. The van der Waals surface area contributed by atoms with Gasteiger partial charge in [0.25, 0.3) is 0 Å². The van der Waals surface area contributed by atoms with Crippen LogP contribution >= 0.6 is 0 Å². The van der Waals surface area contributed by atoms with Crippen LogP contribution in [0.4, 0.5) is 0 Å². The zero-order valence-electron chi connectivity index (χ0n) is 7.94. The second-order valence-corrected chi connectivity index (χ2v) is 4.35. The molecule has 0 unspecified atom stereocenters. The van der Waals surface area contributed by atoms with E-state index in [1.165, 1.54) is 58.0 Å². The Balaban J connectivity index is 1.69. The summed E-state index contributed by atoms with van der Waals surface area (Å²) in [6.07, 6.45) is 10.2. The van der Waals surface area contributed by atoms with Crippen molar-refractivity contribution < 1.29 is 0 Å². The van der Waals surface area contributed by atoms with Crippen LogP contribution in [0.15, 0.2) is 0 Å². The van der Waals surface area contributed by atoms with E-state index in [-0.39, 0.29) is 0 Å². The molecule has 1 saturated carbocycles. The minimum Gasteiger partial charge on any atom is -0.317 e. The van der Waals surface area contributed by atoms with Gasteiger partial charge in [-0.25, -0.2) is 0 Å². The Morgan fingerprint density at radius 1 is 1.08 bits per heavy atom. The molecular weight excluding hydrogens is 146 g/mol. The third-order valence-electron chi connectivity index (χ3n) is 3.36. The maximum Gasteiger partial charge on any atom is -0.00434 e. The van der Waals surface area contributed by atoms with Crippen LogP contribution in [0.3, 0.4) is 0 Å². The maximum atomic E-state index is 3.42. The Kier molecular flexibility index (Phi) is 3.04. The summed E-state index contributed by atoms with van der Waals surface area (Å²) in [6.45, 7) is 2.48. The number of rotatable bonds is 2. The summed E-state index contributed by atoms with van der Waals surface area (Å²) in [5, 5.41) is 3.42. The highest BCUT2D eigenvalue weighted by Gasteiger charge is 2.21. The van der Waals surface area contributed by atoms with E-state index in [9.17, 15) is 0 Å². The summed E-state index contributed by atoms with van der Waals surface area (Å²) in [7, 11) is 0. The van der Waals surface area contributed by atoms with Crippen LogP contribution in [0.2, 0.25) is 0 Å². The van der Waals surface area contributed by atoms with E-state index in [1.54, 1.807) is 0 Å². The normalized spacial score (nSPS) is 28.0. The van der Waals surface area contributed by atoms with Crippen molar-refractivity contribution in [1.29, 1.82) is 0 Å². The molecule has 0 aromatic rings. The van der Waals surface area contributed by atoms with Gasteiger partial charge in [-0.05, 0) is 44.2 Å². The van der Waals surface area contributed by atoms with Gasteiger partial charge in [0.1, 0.15) is 0 Å². The Hall–Kier alpha value is -0.0400. The largest absolute Gasteiger partial charge is 0.317 e. The molecule has 0 amide bonds. The van der Waals surface area contributed by atoms with Gasteiger partial charge in [0.15, 0.2) is 0 Å². The molecule has 1 radical (unpaired) electrons. The first-order chi connectivity index (χ1) is 5.95. The van der Waals surface area contributed by atoms with Crippen LogP contribution < -0.4 is 5.32 Å². The van der Waals surface area contributed by atoms with Gasteiger partial charge < -0.3 is 5.32 Å². The van der Waals surface area contributed by atoms with Crippen molar-refractivity contribution in [3.05, 3.63) is 5.92 Å². The molecule has 1 aliphatic heterocycles. The first-order valence-corrected chi connectivity index (χ1v) is 5.49. The molecule has 1 aliphatic carbocycles. The van der Waals surface area contributed by atoms with Gasteiger partial charge in [-0.1, -0.05) is 25.7 Å². The van der Waals surface area contributed by atoms with Crippen molar-refractivity contribution in [2.24, 2.45) is 5.92 Å². The van der Waals surface area contributed by atoms with Gasteiger partial charge in [0.2, 0.25) is 0 Å². The summed E-state index contributed by atoms with van der Waals surface area (Å²) in [5.41, 5.74) is 0. The summed E-state index contributed by atoms with van der Waals surface area (Å²) in [6, 6.07) is 0. The molecule has 2 rings (SSSR count). The van der Waals surface area contributed by atoms with Crippen molar-refractivity contribution in [3.63, 3.8) is 0 Å². The van der Waals surface area contributed by atoms with Crippen LogP contribution in [0.25, 0.3) is 0 Å². The molecular formula is C11H20N. The Morgan fingerprint density at radius 3 is 2.42 bits per heavy atom. The quantitative estimate of drug-likeness (QED) is 0.664. The van der Waals surface area contributed by atoms with E-state index in [0.717, 1.165) is 5.92 Å². The van der Waals surface area contributed by atoms with E-state index >= 15 is 0 Å². The van der Waals surface area contributed by atoms with E-state index in [0.29, 0.717) is 0 Å². The lowest BCUT2D eigenvalue weighted by Gasteiger charge is -2.24. The lowest BCUT2D eigenvalue weighted by molar-refractivity contribution is 0.440. The van der Waals surface area contributed by atoms with Crippen LogP contribution in [-0.4, -0.2) is 13.1 Å². The van der Waals surface area contributed by atoms with Gasteiger partial charge in [0, 0.05) is 0 Å². The third-order valence-corrected chi connectivity index (χ3v) is 3.36. The van der Waals surface area contributed by atoms with E-state index in [1.807, 2.05) is 5.92 Å². The first kappa shape index (κ1) is 8.55. The average molecular weight is 166 g/mol. The maximum absolute atomic E-state index is 3.42. The van der Waals surface area contributed by atoms with Crippen molar-refractivity contribution in [3.8, 4) is 0 Å². The molecule has 2 aliphatic rings. The second kappa shape index (κ2) is 4.27. The number of piperidine rings is 1. The monoisotopic (exact) mass is 166 g/mol. The smallest absolute Gasteiger partial charge is 0.00434 e. The van der Waals surface area contributed by atoms with Crippen molar-refractivity contribution in [2.45, 2.75) is 44.9 Å². The fourth-order valence-electron chi connectivity index (χ4n) is 2.61. The van der Waals surface area contributed by atoms with E-state index < -0.39 is 0 Å². The number of hydrogen-bond acceptors (Lipinski definition) is 1. The minimum atomic E-state index is 1.07. The highest BCUT2D eigenvalue weighted by molar-refractivity contribution is 4.96. The molecule has 0 aromatic heterocycles. The van der Waals surface area contributed by atoms with Gasteiger partial charge in [-0.2, -0.15) is 0 Å².